The number of ketones is 1. The largest absolute Gasteiger partial charge is 0.299 e. The molecule has 1 aromatic rings. The minimum absolute atomic E-state index is 0.381. The Morgan fingerprint density at radius 1 is 1.07 bits per heavy atom. The molecular weight excluding hydrogens is 172 g/mol. The van der Waals surface area contributed by atoms with E-state index in [9.17, 15) is 4.79 Å². The number of fused-ring (bicyclic) bond motifs is 1. The molecule has 1 nitrogen and oxygen atoms in total. The molecule has 3 rings (SSSR count). The quantitative estimate of drug-likeness (QED) is 0.659. The van der Waals surface area contributed by atoms with Gasteiger partial charge in [0.05, 0.1) is 0 Å². The molecule has 1 heteroatoms. The molecule has 0 aromatic heterocycles. The van der Waals surface area contributed by atoms with Gasteiger partial charge in [0.25, 0.3) is 0 Å². The molecule has 0 N–H and O–H groups in total. The van der Waals surface area contributed by atoms with Crippen LogP contribution >= 0.6 is 0 Å². The minimum atomic E-state index is 0.381. The molecule has 0 bridgehead atoms. The Bertz CT molecular complexity index is 355. The van der Waals surface area contributed by atoms with Gasteiger partial charge in [-0.2, -0.15) is 0 Å². The van der Waals surface area contributed by atoms with Gasteiger partial charge in [0.15, 0.2) is 0 Å². The van der Waals surface area contributed by atoms with Crippen LogP contribution in [0.15, 0.2) is 30.3 Å². The van der Waals surface area contributed by atoms with Crippen LogP contribution < -0.4 is 0 Å². The highest BCUT2D eigenvalue weighted by Gasteiger charge is 2.55. The summed E-state index contributed by atoms with van der Waals surface area (Å²) >= 11 is 0. The fourth-order valence-corrected chi connectivity index (χ4v) is 2.98. The zero-order chi connectivity index (χ0) is 9.54. The predicted molar refractivity (Wildman–Crippen MR) is 55.0 cm³/mol. The molecule has 0 unspecified atom stereocenters. The second-order valence-corrected chi connectivity index (χ2v) is 4.48. The average molecular weight is 186 g/mol. The molecule has 3 atom stereocenters. The first-order chi connectivity index (χ1) is 6.88. The molecule has 2 fully saturated rings. The minimum Gasteiger partial charge on any atom is -0.299 e. The highest BCUT2D eigenvalue weighted by Crippen LogP contribution is 2.59. The van der Waals surface area contributed by atoms with Crippen molar-refractivity contribution in [3.8, 4) is 0 Å². The predicted octanol–water partition coefficient (Wildman–Crippen LogP) is 2.77. The summed E-state index contributed by atoms with van der Waals surface area (Å²) in [4.78, 5) is 11.6. The molecule has 2 aliphatic carbocycles. The Morgan fingerprint density at radius 2 is 1.86 bits per heavy atom. The molecular formula is C13H14O. The van der Waals surface area contributed by atoms with E-state index in [0.717, 1.165) is 12.8 Å². The van der Waals surface area contributed by atoms with Crippen molar-refractivity contribution in [2.45, 2.75) is 25.2 Å². The highest BCUT2D eigenvalue weighted by atomic mass is 16.1. The van der Waals surface area contributed by atoms with Gasteiger partial charge in [-0.1, -0.05) is 30.3 Å². The van der Waals surface area contributed by atoms with Crippen LogP contribution in [0, 0.1) is 11.8 Å². The first kappa shape index (κ1) is 8.22. The van der Waals surface area contributed by atoms with Crippen molar-refractivity contribution < 1.29 is 4.79 Å². The van der Waals surface area contributed by atoms with Gasteiger partial charge in [0, 0.05) is 12.3 Å². The third-order valence-corrected chi connectivity index (χ3v) is 3.69. The summed E-state index contributed by atoms with van der Waals surface area (Å²) in [6.07, 6.45) is 3.20. The van der Waals surface area contributed by atoms with E-state index in [1.807, 2.05) is 6.07 Å². The zero-order valence-corrected chi connectivity index (χ0v) is 8.15. The van der Waals surface area contributed by atoms with Crippen molar-refractivity contribution in [3.63, 3.8) is 0 Å². The summed E-state index contributed by atoms with van der Waals surface area (Å²) < 4.78 is 0. The second kappa shape index (κ2) is 2.94. The molecule has 14 heavy (non-hydrogen) atoms. The topological polar surface area (TPSA) is 17.1 Å². The number of hydrogen-bond acceptors (Lipinski definition) is 1. The summed E-state index contributed by atoms with van der Waals surface area (Å²) in [5.74, 6) is 2.13. The third kappa shape index (κ3) is 1.12. The third-order valence-electron chi connectivity index (χ3n) is 3.69. The summed E-state index contributed by atoms with van der Waals surface area (Å²) in [7, 11) is 0. The van der Waals surface area contributed by atoms with E-state index in [4.69, 9.17) is 0 Å². The molecule has 0 spiro atoms. The van der Waals surface area contributed by atoms with Crippen molar-refractivity contribution in [3.05, 3.63) is 35.9 Å². The van der Waals surface area contributed by atoms with Crippen molar-refractivity contribution in [2.24, 2.45) is 11.8 Å². The van der Waals surface area contributed by atoms with Crippen LogP contribution in [-0.4, -0.2) is 5.78 Å². The van der Waals surface area contributed by atoms with Gasteiger partial charge < -0.3 is 0 Å². The Balaban J connectivity index is 1.87. The molecule has 2 aliphatic rings. The van der Waals surface area contributed by atoms with E-state index in [1.165, 1.54) is 12.0 Å². The van der Waals surface area contributed by atoms with Gasteiger partial charge in [-0.3, -0.25) is 4.79 Å². The average Bonchev–Trinajstić information content (AvgIpc) is 2.95. The maximum absolute atomic E-state index is 11.6. The fourth-order valence-electron chi connectivity index (χ4n) is 2.98. The van der Waals surface area contributed by atoms with E-state index in [2.05, 4.69) is 24.3 Å². The van der Waals surface area contributed by atoms with Crippen LogP contribution in [0.5, 0.6) is 0 Å². The molecule has 1 aromatic carbocycles. The number of hydrogen-bond donors (Lipinski definition) is 0. The lowest BCUT2D eigenvalue weighted by atomic mass is 10.00. The first-order valence-corrected chi connectivity index (χ1v) is 5.45. The van der Waals surface area contributed by atoms with Gasteiger partial charge >= 0.3 is 0 Å². The molecule has 72 valence electrons. The molecule has 0 radical (unpaired) electrons. The fraction of sp³-hybridized carbons (Fsp3) is 0.462. The van der Waals surface area contributed by atoms with Gasteiger partial charge in [-0.25, -0.2) is 0 Å². The molecule has 2 saturated carbocycles. The lowest BCUT2D eigenvalue weighted by Crippen LogP contribution is -2.07. The van der Waals surface area contributed by atoms with E-state index in [-0.39, 0.29) is 0 Å². The highest BCUT2D eigenvalue weighted by molar-refractivity contribution is 5.86. The normalized spacial score (nSPS) is 35.1. The maximum atomic E-state index is 11.6. The number of benzene rings is 1. The molecule has 0 heterocycles. The number of rotatable bonds is 1. The monoisotopic (exact) mass is 186 g/mol. The smallest absolute Gasteiger partial charge is 0.136 e. The number of carbonyl (C=O) groups excluding carboxylic acids is 1. The molecule has 0 saturated heterocycles. The van der Waals surface area contributed by atoms with Crippen LogP contribution in [0.25, 0.3) is 0 Å². The van der Waals surface area contributed by atoms with E-state index in [1.54, 1.807) is 0 Å². The van der Waals surface area contributed by atoms with Gasteiger partial charge in [-0.05, 0) is 30.2 Å². The van der Waals surface area contributed by atoms with Crippen LogP contribution in [0.1, 0.15) is 30.7 Å². The van der Waals surface area contributed by atoms with E-state index in [0.29, 0.717) is 23.5 Å². The molecule has 0 amide bonds. The Kier molecular flexibility index (Phi) is 1.73. The number of carbonyl (C=O) groups is 1. The van der Waals surface area contributed by atoms with Crippen LogP contribution in [0.2, 0.25) is 0 Å². The zero-order valence-electron chi connectivity index (χ0n) is 8.15. The first-order valence-electron chi connectivity index (χ1n) is 5.45. The van der Waals surface area contributed by atoms with Crippen molar-refractivity contribution in [1.82, 2.24) is 0 Å². The Hall–Kier alpha value is -1.11. The van der Waals surface area contributed by atoms with Crippen LogP contribution in [0.4, 0.5) is 0 Å². The summed E-state index contributed by atoms with van der Waals surface area (Å²) in [5.41, 5.74) is 1.37. The van der Waals surface area contributed by atoms with Crippen molar-refractivity contribution in [2.75, 3.05) is 0 Å². The van der Waals surface area contributed by atoms with Crippen LogP contribution in [0.3, 0.4) is 0 Å². The van der Waals surface area contributed by atoms with E-state index >= 15 is 0 Å². The summed E-state index contributed by atoms with van der Waals surface area (Å²) in [5, 5.41) is 0. The van der Waals surface area contributed by atoms with Crippen LogP contribution in [-0.2, 0) is 4.79 Å². The van der Waals surface area contributed by atoms with E-state index < -0.39 is 0 Å². The van der Waals surface area contributed by atoms with Gasteiger partial charge in [0.1, 0.15) is 5.78 Å². The Morgan fingerprint density at radius 3 is 2.57 bits per heavy atom. The standard InChI is InChI=1S/C13H14O/c14-11-8-4-7-10-12(13(10)11)9-5-2-1-3-6-9/h1-3,5-6,10,12-13H,4,7-8H2/t10-,12-,13+/m1/s1. The maximum Gasteiger partial charge on any atom is 0.136 e. The summed E-state index contributed by atoms with van der Waals surface area (Å²) in [6, 6.07) is 10.5. The Labute approximate surface area is 84.1 Å². The summed E-state index contributed by atoms with van der Waals surface area (Å²) in [6.45, 7) is 0. The SMILES string of the molecule is O=C1CCC[C@H]2[C@@H]1[C@@H]2c1ccccc1. The second-order valence-electron chi connectivity index (χ2n) is 4.48. The van der Waals surface area contributed by atoms with Gasteiger partial charge in [0.2, 0.25) is 0 Å². The molecule has 0 aliphatic heterocycles. The van der Waals surface area contributed by atoms with Gasteiger partial charge in [-0.15, -0.1) is 0 Å². The number of Topliss-reactive ketones (excluding diaryl/α,β-unsaturated/α-hetero) is 1. The van der Waals surface area contributed by atoms with Crippen molar-refractivity contribution in [1.29, 1.82) is 0 Å². The van der Waals surface area contributed by atoms with Crippen molar-refractivity contribution >= 4 is 5.78 Å². The lowest BCUT2D eigenvalue weighted by molar-refractivity contribution is -0.121. The lowest BCUT2D eigenvalue weighted by Gasteiger charge is -2.04.